The van der Waals surface area contributed by atoms with E-state index in [9.17, 15) is 9.59 Å². The van der Waals surface area contributed by atoms with Crippen LogP contribution in [0, 0.1) is 17.3 Å². The van der Waals surface area contributed by atoms with E-state index in [-0.39, 0.29) is 29.1 Å². The summed E-state index contributed by atoms with van der Waals surface area (Å²) in [7, 11) is 4.72. The first kappa shape index (κ1) is 23.2. The maximum Gasteiger partial charge on any atom is 0.225 e. The predicted molar refractivity (Wildman–Crippen MR) is 119 cm³/mol. The van der Waals surface area contributed by atoms with Crippen molar-refractivity contribution in [2.45, 2.75) is 46.0 Å². The van der Waals surface area contributed by atoms with E-state index in [0.717, 1.165) is 5.56 Å². The molecule has 3 rings (SSSR count). The fourth-order valence-electron chi connectivity index (χ4n) is 4.19. The van der Waals surface area contributed by atoms with Crippen molar-refractivity contribution in [3.05, 3.63) is 17.7 Å². The van der Waals surface area contributed by atoms with Gasteiger partial charge in [0.15, 0.2) is 11.5 Å². The summed E-state index contributed by atoms with van der Waals surface area (Å²) < 4.78 is 16.5. The minimum Gasteiger partial charge on any atom is -0.493 e. The number of nitrogens with one attached hydrogen (secondary N) is 1. The Hall–Kier alpha value is -2.44. The van der Waals surface area contributed by atoms with E-state index >= 15 is 0 Å². The lowest BCUT2D eigenvalue weighted by Crippen LogP contribution is -2.37. The Balaban J connectivity index is 1.89. The summed E-state index contributed by atoms with van der Waals surface area (Å²) in [5.41, 5.74) is 0.804. The molecule has 1 aromatic rings. The average Bonchev–Trinajstić information content (AvgIpc) is 3.44. The zero-order valence-electron chi connectivity index (χ0n) is 19.6. The first-order valence-electron chi connectivity index (χ1n) is 11.0. The lowest BCUT2D eigenvalue weighted by Gasteiger charge is -2.23. The number of hydrogen-bond donors (Lipinski definition) is 1. The molecule has 7 nitrogen and oxygen atoms in total. The van der Waals surface area contributed by atoms with Crippen LogP contribution in [-0.2, 0) is 9.59 Å². The van der Waals surface area contributed by atoms with E-state index in [2.05, 4.69) is 26.1 Å². The molecule has 0 unspecified atom stereocenters. The van der Waals surface area contributed by atoms with Crippen molar-refractivity contribution < 1.29 is 23.8 Å². The third kappa shape index (κ3) is 5.63. The molecule has 1 aliphatic heterocycles. The Morgan fingerprint density at radius 3 is 2.13 bits per heavy atom. The molecule has 1 aromatic carbocycles. The van der Waals surface area contributed by atoms with Crippen LogP contribution in [0.2, 0.25) is 0 Å². The molecular weight excluding hydrogens is 396 g/mol. The third-order valence-corrected chi connectivity index (χ3v) is 6.07. The van der Waals surface area contributed by atoms with Crippen LogP contribution >= 0.6 is 0 Å². The summed E-state index contributed by atoms with van der Waals surface area (Å²) in [6.45, 7) is 7.79. The minimum atomic E-state index is -0.314. The number of likely N-dealkylation sites (tertiary alicyclic amines) is 1. The molecule has 0 aromatic heterocycles. The van der Waals surface area contributed by atoms with E-state index in [1.807, 2.05) is 17.0 Å². The van der Waals surface area contributed by atoms with Gasteiger partial charge < -0.3 is 24.4 Å². The van der Waals surface area contributed by atoms with Gasteiger partial charge in [-0.15, -0.1) is 0 Å². The van der Waals surface area contributed by atoms with Gasteiger partial charge in [0, 0.05) is 32.0 Å². The zero-order chi connectivity index (χ0) is 22.8. The number of hydrogen-bond acceptors (Lipinski definition) is 5. The Morgan fingerprint density at radius 1 is 1.03 bits per heavy atom. The molecule has 0 radical (unpaired) electrons. The zero-order valence-corrected chi connectivity index (χ0v) is 19.6. The number of carbonyl (C=O) groups is 2. The van der Waals surface area contributed by atoms with Gasteiger partial charge in [-0.3, -0.25) is 9.59 Å². The van der Waals surface area contributed by atoms with Crippen molar-refractivity contribution in [3.63, 3.8) is 0 Å². The number of benzene rings is 1. The number of carbonyl (C=O) groups excluding carboxylic acids is 2. The number of rotatable bonds is 8. The molecule has 1 heterocycles. The highest BCUT2D eigenvalue weighted by Crippen LogP contribution is 2.43. The fourth-order valence-corrected chi connectivity index (χ4v) is 4.19. The molecule has 172 valence electrons. The molecule has 2 atom stereocenters. The maximum absolute atomic E-state index is 13.1. The van der Waals surface area contributed by atoms with Gasteiger partial charge >= 0.3 is 0 Å². The Bertz CT molecular complexity index is 788. The standard InChI is InChI=1S/C24H36N2O5/c1-24(2,3)11-21(27)26-13-17(18(14-26)23(28)25-12-15-7-8-15)16-9-19(29-4)22(31-6)20(10-16)30-5/h9-10,15,17-18H,7-8,11-14H2,1-6H3,(H,25,28)/t17-,18+/m0/s1. The topological polar surface area (TPSA) is 77.1 Å². The van der Waals surface area contributed by atoms with Crippen molar-refractivity contribution in [1.82, 2.24) is 10.2 Å². The monoisotopic (exact) mass is 432 g/mol. The van der Waals surface area contributed by atoms with Gasteiger partial charge in [0.05, 0.1) is 27.2 Å². The van der Waals surface area contributed by atoms with Crippen LogP contribution in [0.1, 0.15) is 51.5 Å². The van der Waals surface area contributed by atoms with Crippen molar-refractivity contribution >= 4 is 11.8 Å². The summed E-state index contributed by atoms with van der Waals surface area (Å²) in [5.74, 6) is 1.86. The quantitative estimate of drug-likeness (QED) is 0.683. The van der Waals surface area contributed by atoms with Gasteiger partial charge in [-0.2, -0.15) is 0 Å². The third-order valence-electron chi connectivity index (χ3n) is 6.07. The highest BCUT2D eigenvalue weighted by Gasteiger charge is 2.41. The molecule has 2 amide bonds. The van der Waals surface area contributed by atoms with Gasteiger partial charge in [0.2, 0.25) is 17.6 Å². The summed E-state index contributed by atoms with van der Waals surface area (Å²) in [6, 6.07) is 3.79. The highest BCUT2D eigenvalue weighted by molar-refractivity contribution is 5.83. The molecule has 2 aliphatic rings. The van der Waals surface area contributed by atoms with Crippen LogP contribution in [0.3, 0.4) is 0 Å². The van der Waals surface area contributed by atoms with E-state index < -0.39 is 0 Å². The molecule has 1 saturated heterocycles. The smallest absolute Gasteiger partial charge is 0.225 e. The molecule has 1 aliphatic carbocycles. The van der Waals surface area contributed by atoms with Crippen LogP contribution in [0.25, 0.3) is 0 Å². The summed E-state index contributed by atoms with van der Waals surface area (Å²) in [6.07, 6.45) is 2.81. The van der Waals surface area contributed by atoms with Crippen LogP contribution in [0.5, 0.6) is 17.2 Å². The molecule has 31 heavy (non-hydrogen) atoms. The van der Waals surface area contributed by atoms with Crippen LogP contribution in [-0.4, -0.2) is 57.7 Å². The van der Waals surface area contributed by atoms with Crippen LogP contribution < -0.4 is 19.5 Å². The Morgan fingerprint density at radius 2 is 1.65 bits per heavy atom. The minimum absolute atomic E-state index is 0.0108. The van der Waals surface area contributed by atoms with Gasteiger partial charge in [-0.05, 0) is 41.9 Å². The molecule has 0 bridgehead atoms. The van der Waals surface area contributed by atoms with E-state index in [1.165, 1.54) is 12.8 Å². The van der Waals surface area contributed by atoms with Gasteiger partial charge in [-0.1, -0.05) is 20.8 Å². The van der Waals surface area contributed by atoms with Gasteiger partial charge in [0.1, 0.15) is 0 Å². The van der Waals surface area contributed by atoms with Crippen LogP contribution in [0.15, 0.2) is 12.1 Å². The summed E-state index contributed by atoms with van der Waals surface area (Å²) in [4.78, 5) is 27.9. The van der Waals surface area contributed by atoms with Crippen molar-refractivity contribution in [3.8, 4) is 17.2 Å². The molecule has 1 N–H and O–H groups in total. The largest absolute Gasteiger partial charge is 0.493 e. The second kappa shape index (κ2) is 9.37. The van der Waals surface area contributed by atoms with Gasteiger partial charge in [-0.25, -0.2) is 0 Å². The summed E-state index contributed by atoms with van der Waals surface area (Å²) >= 11 is 0. The number of ether oxygens (including phenoxy) is 3. The highest BCUT2D eigenvalue weighted by atomic mass is 16.5. The molecule has 7 heteroatoms. The Kier molecular flexibility index (Phi) is 7.02. The Labute approximate surface area is 185 Å². The van der Waals surface area contributed by atoms with Crippen molar-refractivity contribution in [2.75, 3.05) is 41.0 Å². The average molecular weight is 433 g/mol. The second-order valence-electron chi connectivity index (χ2n) is 9.90. The van der Waals surface area contributed by atoms with E-state index in [1.54, 1.807) is 21.3 Å². The van der Waals surface area contributed by atoms with E-state index in [0.29, 0.717) is 49.2 Å². The number of nitrogens with zero attached hydrogens (tertiary/aromatic N) is 1. The number of amides is 2. The fraction of sp³-hybridized carbons (Fsp3) is 0.667. The van der Waals surface area contributed by atoms with Crippen LogP contribution in [0.4, 0.5) is 0 Å². The van der Waals surface area contributed by atoms with Gasteiger partial charge in [0.25, 0.3) is 0 Å². The molecular formula is C24H36N2O5. The first-order valence-corrected chi connectivity index (χ1v) is 11.0. The SMILES string of the molecule is COc1cc([C@@H]2CN(C(=O)CC(C)(C)C)C[C@H]2C(=O)NCC2CC2)cc(OC)c1OC. The number of methoxy groups -OCH3 is 3. The molecule has 2 fully saturated rings. The van der Waals surface area contributed by atoms with Crippen molar-refractivity contribution in [1.29, 1.82) is 0 Å². The maximum atomic E-state index is 13.1. The lowest BCUT2D eigenvalue weighted by atomic mass is 9.87. The summed E-state index contributed by atoms with van der Waals surface area (Å²) in [5, 5.41) is 3.11. The first-order chi connectivity index (χ1) is 14.7. The second-order valence-corrected chi connectivity index (χ2v) is 9.90. The van der Waals surface area contributed by atoms with E-state index in [4.69, 9.17) is 14.2 Å². The molecule has 1 saturated carbocycles. The predicted octanol–water partition coefficient (Wildman–Crippen LogP) is 3.22. The lowest BCUT2D eigenvalue weighted by molar-refractivity contribution is -0.132. The van der Waals surface area contributed by atoms with Crippen molar-refractivity contribution in [2.24, 2.45) is 17.3 Å². The molecule has 0 spiro atoms. The normalized spacial score (nSPS) is 21.0.